The van der Waals surface area contributed by atoms with E-state index in [-0.39, 0.29) is 0 Å². The third kappa shape index (κ3) is 6.65. The van der Waals surface area contributed by atoms with Gasteiger partial charge in [0, 0.05) is 16.7 Å². The molecule has 1 N–H and O–H groups in total. The Morgan fingerprint density at radius 2 is 1.72 bits per heavy atom. The summed E-state index contributed by atoms with van der Waals surface area (Å²) in [5, 5.41) is 4.19. The van der Waals surface area contributed by atoms with E-state index in [2.05, 4.69) is 28.2 Å². The predicted molar refractivity (Wildman–Crippen MR) is 85.6 cm³/mol. The monoisotopic (exact) mass is 331 g/mol. The molecule has 0 unspecified atom stereocenters. The molecule has 0 amide bonds. The Morgan fingerprint density at radius 1 is 1.06 bits per heavy atom. The second-order valence-corrected chi connectivity index (χ2v) is 5.94. The van der Waals surface area contributed by atoms with Gasteiger partial charge in [-0.15, -0.1) is 0 Å². The maximum Gasteiger partial charge on any atom is 0.0549 e. The zero-order valence-corrected chi connectivity index (χ0v) is 13.5. The van der Waals surface area contributed by atoms with Crippen LogP contribution in [0.1, 0.15) is 51.9 Å². The van der Waals surface area contributed by atoms with Crippen molar-refractivity contribution in [3.05, 3.63) is 27.7 Å². The number of hydrogen-bond donors (Lipinski definition) is 1. The molecule has 3 heteroatoms. The second-order valence-electron chi connectivity index (χ2n) is 4.68. The molecule has 1 aromatic rings. The van der Waals surface area contributed by atoms with Gasteiger partial charge >= 0.3 is 0 Å². The summed E-state index contributed by atoms with van der Waals surface area (Å²) < 4.78 is 0.953. The molecule has 0 fully saturated rings. The minimum atomic E-state index is 0.761. The quantitative estimate of drug-likeness (QED) is 0.526. The topological polar surface area (TPSA) is 12.0 Å². The van der Waals surface area contributed by atoms with Crippen LogP contribution in [0.2, 0.25) is 5.02 Å². The van der Waals surface area contributed by atoms with E-state index < -0.39 is 0 Å². The number of halogens is 2. The summed E-state index contributed by atoms with van der Waals surface area (Å²) in [7, 11) is 0. The maximum absolute atomic E-state index is 5.95. The van der Waals surface area contributed by atoms with Crippen molar-refractivity contribution in [3.8, 4) is 0 Å². The van der Waals surface area contributed by atoms with Gasteiger partial charge in [0.2, 0.25) is 0 Å². The van der Waals surface area contributed by atoms with Crippen LogP contribution in [0.4, 0.5) is 5.69 Å². The van der Waals surface area contributed by atoms with Crippen molar-refractivity contribution < 1.29 is 0 Å². The Balaban J connectivity index is 2.05. The van der Waals surface area contributed by atoms with E-state index in [0.717, 1.165) is 21.7 Å². The molecular weight excluding hydrogens is 310 g/mol. The third-order valence-electron chi connectivity index (χ3n) is 3.03. The first-order valence-corrected chi connectivity index (χ1v) is 8.10. The van der Waals surface area contributed by atoms with Crippen LogP contribution < -0.4 is 5.32 Å². The van der Waals surface area contributed by atoms with Crippen LogP contribution in [-0.4, -0.2) is 6.54 Å². The minimum Gasteiger partial charge on any atom is -0.385 e. The van der Waals surface area contributed by atoms with Gasteiger partial charge in [0.15, 0.2) is 0 Å². The van der Waals surface area contributed by atoms with Crippen molar-refractivity contribution in [3.63, 3.8) is 0 Å². The Morgan fingerprint density at radius 3 is 2.39 bits per heavy atom. The van der Waals surface area contributed by atoms with Gasteiger partial charge < -0.3 is 5.32 Å². The standard InChI is InChI=1S/C15H23BrClN/c1-2-3-4-5-6-7-8-11-18-13-9-10-15(17)14(16)12-13/h9-10,12,18H,2-8,11H2,1H3. The van der Waals surface area contributed by atoms with E-state index in [1.807, 2.05) is 18.2 Å². The van der Waals surface area contributed by atoms with Gasteiger partial charge in [-0.05, 0) is 40.5 Å². The highest BCUT2D eigenvalue weighted by atomic mass is 79.9. The summed E-state index contributed by atoms with van der Waals surface area (Å²) in [5.41, 5.74) is 1.14. The van der Waals surface area contributed by atoms with Crippen molar-refractivity contribution in [1.82, 2.24) is 0 Å². The molecule has 102 valence electrons. The highest BCUT2D eigenvalue weighted by molar-refractivity contribution is 9.10. The fourth-order valence-corrected chi connectivity index (χ4v) is 2.42. The zero-order valence-electron chi connectivity index (χ0n) is 11.1. The molecule has 0 aliphatic carbocycles. The molecule has 1 aromatic carbocycles. The zero-order chi connectivity index (χ0) is 13.2. The van der Waals surface area contributed by atoms with E-state index in [9.17, 15) is 0 Å². The molecule has 0 aromatic heterocycles. The van der Waals surface area contributed by atoms with Gasteiger partial charge in [0.05, 0.1) is 5.02 Å². The molecule has 0 aliphatic heterocycles. The number of benzene rings is 1. The molecule has 1 nitrogen and oxygen atoms in total. The normalized spacial score (nSPS) is 10.6. The van der Waals surface area contributed by atoms with Crippen LogP contribution in [0, 0.1) is 0 Å². The van der Waals surface area contributed by atoms with Crippen molar-refractivity contribution in [2.45, 2.75) is 51.9 Å². The second kappa shape index (κ2) is 9.69. The maximum atomic E-state index is 5.95. The van der Waals surface area contributed by atoms with E-state index in [4.69, 9.17) is 11.6 Å². The highest BCUT2D eigenvalue weighted by Gasteiger charge is 1.98. The smallest absolute Gasteiger partial charge is 0.0549 e. The molecule has 0 spiro atoms. The summed E-state index contributed by atoms with van der Waals surface area (Å²) in [6, 6.07) is 5.97. The van der Waals surface area contributed by atoms with Gasteiger partial charge in [-0.2, -0.15) is 0 Å². The lowest BCUT2D eigenvalue weighted by Crippen LogP contribution is -2.01. The van der Waals surface area contributed by atoms with Gasteiger partial charge in [-0.3, -0.25) is 0 Å². The van der Waals surface area contributed by atoms with Gasteiger partial charge in [0.25, 0.3) is 0 Å². The summed E-state index contributed by atoms with van der Waals surface area (Å²) >= 11 is 9.38. The summed E-state index contributed by atoms with van der Waals surface area (Å²) in [6.07, 6.45) is 9.43. The predicted octanol–water partition coefficient (Wildman–Crippen LogP) is 6.27. The van der Waals surface area contributed by atoms with Crippen LogP contribution in [0.5, 0.6) is 0 Å². The average Bonchev–Trinajstić information content (AvgIpc) is 2.37. The SMILES string of the molecule is CCCCCCCCCNc1ccc(Cl)c(Br)c1. The van der Waals surface area contributed by atoms with Crippen molar-refractivity contribution in [2.24, 2.45) is 0 Å². The first-order valence-electron chi connectivity index (χ1n) is 6.93. The Kier molecular flexibility index (Phi) is 8.53. The highest BCUT2D eigenvalue weighted by Crippen LogP contribution is 2.25. The Labute approximate surface area is 124 Å². The van der Waals surface area contributed by atoms with E-state index in [1.165, 1.54) is 44.9 Å². The van der Waals surface area contributed by atoms with Crippen LogP contribution in [0.25, 0.3) is 0 Å². The third-order valence-corrected chi connectivity index (χ3v) is 4.24. The van der Waals surface area contributed by atoms with Gasteiger partial charge in [-0.25, -0.2) is 0 Å². The van der Waals surface area contributed by atoms with E-state index in [1.54, 1.807) is 0 Å². The average molecular weight is 333 g/mol. The van der Waals surface area contributed by atoms with Crippen LogP contribution in [0.3, 0.4) is 0 Å². The number of unbranched alkanes of at least 4 members (excludes halogenated alkanes) is 6. The Bertz CT molecular complexity index is 341. The molecule has 18 heavy (non-hydrogen) atoms. The number of anilines is 1. The van der Waals surface area contributed by atoms with Gasteiger partial charge in [0.1, 0.15) is 0 Å². The lowest BCUT2D eigenvalue weighted by Gasteiger charge is -2.07. The molecule has 0 saturated heterocycles. The first-order chi connectivity index (χ1) is 8.74. The van der Waals surface area contributed by atoms with Crippen LogP contribution in [0.15, 0.2) is 22.7 Å². The van der Waals surface area contributed by atoms with E-state index >= 15 is 0 Å². The number of rotatable bonds is 9. The molecule has 1 rings (SSSR count). The fraction of sp³-hybridized carbons (Fsp3) is 0.600. The summed E-state index contributed by atoms with van der Waals surface area (Å²) in [4.78, 5) is 0. The lowest BCUT2D eigenvalue weighted by atomic mass is 10.1. The molecule has 0 heterocycles. The van der Waals surface area contributed by atoms with Crippen LogP contribution in [-0.2, 0) is 0 Å². The first kappa shape index (κ1) is 15.8. The molecule has 0 bridgehead atoms. The lowest BCUT2D eigenvalue weighted by molar-refractivity contribution is 0.596. The number of hydrogen-bond acceptors (Lipinski definition) is 1. The summed E-state index contributed by atoms with van der Waals surface area (Å²) in [6.45, 7) is 3.30. The van der Waals surface area contributed by atoms with Crippen molar-refractivity contribution >= 4 is 33.2 Å². The summed E-state index contributed by atoms with van der Waals surface area (Å²) in [5.74, 6) is 0. The molecule has 0 saturated carbocycles. The molecular formula is C15H23BrClN. The minimum absolute atomic E-state index is 0.761. The number of nitrogens with one attached hydrogen (secondary N) is 1. The molecule has 0 radical (unpaired) electrons. The van der Waals surface area contributed by atoms with Crippen molar-refractivity contribution in [1.29, 1.82) is 0 Å². The molecule has 0 aliphatic rings. The fourth-order valence-electron chi connectivity index (χ4n) is 1.92. The Hall–Kier alpha value is -0.210. The van der Waals surface area contributed by atoms with Crippen LogP contribution >= 0.6 is 27.5 Å². The largest absolute Gasteiger partial charge is 0.385 e. The molecule has 0 atom stereocenters. The van der Waals surface area contributed by atoms with Gasteiger partial charge in [-0.1, -0.05) is 57.0 Å². The van der Waals surface area contributed by atoms with E-state index in [0.29, 0.717) is 0 Å². The van der Waals surface area contributed by atoms with Crippen molar-refractivity contribution in [2.75, 3.05) is 11.9 Å².